The summed E-state index contributed by atoms with van der Waals surface area (Å²) >= 11 is 0. The number of hydrogen-bond acceptors (Lipinski definition) is 1. The molecule has 0 heterocycles. The zero-order valence-electron chi connectivity index (χ0n) is 13.1. The first-order valence-corrected chi connectivity index (χ1v) is 8.24. The molecule has 0 saturated carbocycles. The summed E-state index contributed by atoms with van der Waals surface area (Å²) in [5.74, 6) is 0.372. The van der Waals surface area contributed by atoms with Crippen molar-refractivity contribution in [3.05, 3.63) is 35.6 Å². The van der Waals surface area contributed by atoms with E-state index < -0.39 is 0 Å². The third kappa shape index (κ3) is 7.04. The van der Waals surface area contributed by atoms with Crippen molar-refractivity contribution >= 4 is 0 Å². The predicted octanol–water partition coefficient (Wildman–Crippen LogP) is 5.27. The average molecular weight is 279 g/mol. The average Bonchev–Trinajstić information content (AvgIpc) is 2.47. The van der Waals surface area contributed by atoms with Crippen molar-refractivity contribution in [2.75, 3.05) is 13.1 Å². The minimum absolute atomic E-state index is 0.143. The molecule has 114 valence electrons. The second-order valence-corrected chi connectivity index (χ2v) is 5.61. The van der Waals surface area contributed by atoms with Gasteiger partial charge in [-0.25, -0.2) is 4.39 Å². The van der Waals surface area contributed by atoms with Crippen molar-refractivity contribution < 1.29 is 4.39 Å². The predicted molar refractivity (Wildman–Crippen MR) is 85.7 cm³/mol. The largest absolute Gasteiger partial charge is 0.316 e. The molecule has 0 radical (unpaired) electrons. The molecular formula is C18H30FN. The molecule has 1 rings (SSSR count). The van der Waals surface area contributed by atoms with Gasteiger partial charge in [-0.15, -0.1) is 0 Å². The number of nitrogens with one attached hydrogen (secondary N) is 1. The van der Waals surface area contributed by atoms with Crippen LogP contribution >= 0.6 is 0 Å². The summed E-state index contributed by atoms with van der Waals surface area (Å²) in [4.78, 5) is 0. The highest BCUT2D eigenvalue weighted by Gasteiger charge is 2.10. The quantitative estimate of drug-likeness (QED) is 0.544. The summed E-state index contributed by atoms with van der Waals surface area (Å²) < 4.78 is 13.0. The van der Waals surface area contributed by atoms with Crippen LogP contribution in [0.3, 0.4) is 0 Å². The lowest BCUT2D eigenvalue weighted by atomic mass is 9.92. The summed E-state index contributed by atoms with van der Waals surface area (Å²) in [6, 6.07) is 7.04. The Morgan fingerprint density at radius 1 is 0.950 bits per heavy atom. The summed E-state index contributed by atoms with van der Waals surface area (Å²) in [6.45, 7) is 6.37. The maximum absolute atomic E-state index is 13.0. The van der Waals surface area contributed by atoms with E-state index in [-0.39, 0.29) is 5.82 Å². The summed E-state index contributed by atoms with van der Waals surface area (Å²) in [7, 11) is 0. The van der Waals surface area contributed by atoms with Gasteiger partial charge >= 0.3 is 0 Å². The zero-order chi connectivity index (χ0) is 14.6. The van der Waals surface area contributed by atoms with Crippen LogP contribution in [0.4, 0.5) is 4.39 Å². The van der Waals surface area contributed by atoms with Crippen molar-refractivity contribution in [3.63, 3.8) is 0 Å². The van der Waals surface area contributed by atoms with Crippen molar-refractivity contribution in [3.8, 4) is 0 Å². The minimum atomic E-state index is -0.143. The molecule has 0 amide bonds. The van der Waals surface area contributed by atoms with E-state index in [1.165, 1.54) is 50.5 Å². The van der Waals surface area contributed by atoms with Crippen LogP contribution in [0.15, 0.2) is 24.3 Å². The van der Waals surface area contributed by atoms with E-state index in [9.17, 15) is 4.39 Å². The van der Waals surface area contributed by atoms with Crippen LogP contribution in [-0.2, 0) is 0 Å². The van der Waals surface area contributed by atoms with Gasteiger partial charge < -0.3 is 5.32 Å². The van der Waals surface area contributed by atoms with Crippen molar-refractivity contribution in [1.82, 2.24) is 5.32 Å². The van der Waals surface area contributed by atoms with Crippen LogP contribution in [0, 0.1) is 5.82 Å². The van der Waals surface area contributed by atoms with E-state index in [1.807, 2.05) is 12.1 Å². The van der Waals surface area contributed by atoms with E-state index in [1.54, 1.807) is 12.1 Å². The highest BCUT2D eigenvalue weighted by atomic mass is 19.1. The lowest BCUT2D eigenvalue weighted by Crippen LogP contribution is -2.21. The van der Waals surface area contributed by atoms with Crippen LogP contribution in [0.5, 0.6) is 0 Å². The van der Waals surface area contributed by atoms with Crippen molar-refractivity contribution in [2.24, 2.45) is 0 Å². The molecule has 1 unspecified atom stereocenters. The fourth-order valence-electron chi connectivity index (χ4n) is 2.61. The Morgan fingerprint density at radius 3 is 2.25 bits per heavy atom. The van der Waals surface area contributed by atoms with Crippen LogP contribution in [0.1, 0.15) is 70.3 Å². The number of halogens is 1. The molecule has 0 spiro atoms. The second kappa shape index (κ2) is 10.8. The minimum Gasteiger partial charge on any atom is -0.316 e. The lowest BCUT2D eigenvalue weighted by Gasteiger charge is -2.18. The maximum Gasteiger partial charge on any atom is 0.123 e. The van der Waals surface area contributed by atoms with Crippen molar-refractivity contribution in [2.45, 2.75) is 64.7 Å². The Bertz CT molecular complexity index is 334. The third-order valence-corrected chi connectivity index (χ3v) is 3.89. The first-order chi connectivity index (χ1) is 9.77. The molecule has 0 fully saturated rings. The van der Waals surface area contributed by atoms with Crippen LogP contribution in [0.2, 0.25) is 0 Å². The first kappa shape index (κ1) is 17.2. The Balaban J connectivity index is 2.37. The van der Waals surface area contributed by atoms with Gasteiger partial charge in [0.1, 0.15) is 5.82 Å². The summed E-state index contributed by atoms with van der Waals surface area (Å²) in [6.07, 6.45) is 9.18. The van der Waals surface area contributed by atoms with Crippen LogP contribution in [-0.4, -0.2) is 13.1 Å². The molecule has 0 aliphatic rings. The van der Waals surface area contributed by atoms with E-state index >= 15 is 0 Å². The van der Waals surface area contributed by atoms with E-state index in [0.717, 1.165) is 13.1 Å². The highest BCUT2D eigenvalue weighted by molar-refractivity contribution is 5.20. The van der Waals surface area contributed by atoms with Gasteiger partial charge in [0.2, 0.25) is 0 Å². The second-order valence-electron chi connectivity index (χ2n) is 5.61. The molecule has 2 heteroatoms. The Morgan fingerprint density at radius 2 is 1.60 bits per heavy atom. The van der Waals surface area contributed by atoms with E-state index in [4.69, 9.17) is 0 Å². The SMILES string of the molecule is CCCCCCCCC(CNCC)c1ccc(F)cc1. The molecule has 20 heavy (non-hydrogen) atoms. The lowest BCUT2D eigenvalue weighted by molar-refractivity contribution is 0.511. The fraction of sp³-hybridized carbons (Fsp3) is 0.667. The molecule has 1 aromatic rings. The van der Waals surface area contributed by atoms with Crippen LogP contribution in [0.25, 0.3) is 0 Å². The molecule has 1 nitrogen and oxygen atoms in total. The summed E-state index contributed by atoms with van der Waals surface area (Å²) in [5, 5.41) is 3.43. The highest BCUT2D eigenvalue weighted by Crippen LogP contribution is 2.22. The van der Waals surface area contributed by atoms with Gasteiger partial charge in [0, 0.05) is 6.54 Å². The number of benzene rings is 1. The molecular weight excluding hydrogens is 249 g/mol. The van der Waals surface area contributed by atoms with Crippen molar-refractivity contribution in [1.29, 1.82) is 0 Å². The Labute approximate surface area is 124 Å². The number of unbranched alkanes of at least 4 members (excludes halogenated alkanes) is 5. The third-order valence-electron chi connectivity index (χ3n) is 3.89. The Kier molecular flexibility index (Phi) is 9.31. The van der Waals surface area contributed by atoms with Gasteiger partial charge in [-0.1, -0.05) is 64.5 Å². The molecule has 0 bridgehead atoms. The molecule has 1 atom stereocenters. The van der Waals surface area contributed by atoms with Crippen LogP contribution < -0.4 is 5.32 Å². The molecule has 0 saturated heterocycles. The Hall–Kier alpha value is -0.890. The van der Waals surface area contributed by atoms with Gasteiger partial charge in [0.05, 0.1) is 0 Å². The topological polar surface area (TPSA) is 12.0 Å². The number of rotatable bonds is 11. The first-order valence-electron chi connectivity index (χ1n) is 8.24. The van der Waals surface area contributed by atoms with E-state index in [0.29, 0.717) is 5.92 Å². The molecule has 0 aliphatic heterocycles. The molecule has 0 aromatic heterocycles. The number of likely N-dealkylation sites (N-methyl/N-ethyl adjacent to an activating group) is 1. The van der Waals surface area contributed by atoms with Gasteiger partial charge in [-0.3, -0.25) is 0 Å². The molecule has 1 N–H and O–H groups in total. The van der Waals surface area contributed by atoms with Gasteiger partial charge in [-0.2, -0.15) is 0 Å². The zero-order valence-corrected chi connectivity index (χ0v) is 13.1. The monoisotopic (exact) mass is 279 g/mol. The number of hydrogen-bond donors (Lipinski definition) is 1. The van der Waals surface area contributed by atoms with Gasteiger partial charge in [-0.05, 0) is 36.6 Å². The van der Waals surface area contributed by atoms with Gasteiger partial charge in [0.15, 0.2) is 0 Å². The van der Waals surface area contributed by atoms with Gasteiger partial charge in [0.25, 0.3) is 0 Å². The molecule has 0 aliphatic carbocycles. The summed E-state index contributed by atoms with van der Waals surface area (Å²) in [5.41, 5.74) is 1.26. The normalized spacial score (nSPS) is 12.6. The van der Waals surface area contributed by atoms with E-state index in [2.05, 4.69) is 19.2 Å². The standard InChI is InChI=1S/C18H30FN/c1-3-5-6-7-8-9-10-17(15-20-4-2)16-11-13-18(19)14-12-16/h11-14,17,20H,3-10,15H2,1-2H3. The smallest absolute Gasteiger partial charge is 0.123 e. The fourth-order valence-corrected chi connectivity index (χ4v) is 2.61. The maximum atomic E-state index is 13.0. The molecule has 1 aromatic carbocycles.